The fourth-order valence-corrected chi connectivity index (χ4v) is 1.95. The summed E-state index contributed by atoms with van der Waals surface area (Å²) in [5.41, 5.74) is 0.488. The summed E-state index contributed by atoms with van der Waals surface area (Å²) < 4.78 is 43.0. The van der Waals surface area contributed by atoms with Crippen LogP contribution in [0.25, 0.3) is 0 Å². The first kappa shape index (κ1) is 17.3. The van der Waals surface area contributed by atoms with E-state index in [-0.39, 0.29) is 12.2 Å². The van der Waals surface area contributed by atoms with Gasteiger partial charge in [-0.15, -0.1) is 0 Å². The van der Waals surface area contributed by atoms with Gasteiger partial charge in [0.2, 0.25) is 5.91 Å². The number of benzene rings is 2. The molecule has 0 saturated carbocycles. The molecular weight excluding hydrogens is 321 g/mol. The maximum atomic E-state index is 12.5. The molecule has 0 fully saturated rings. The quantitative estimate of drug-likeness (QED) is 0.884. The van der Waals surface area contributed by atoms with Gasteiger partial charge >= 0.3 is 6.18 Å². The molecule has 0 saturated heterocycles. The van der Waals surface area contributed by atoms with Crippen molar-refractivity contribution >= 4 is 11.6 Å². The van der Waals surface area contributed by atoms with Crippen LogP contribution in [0.2, 0.25) is 0 Å². The van der Waals surface area contributed by atoms with Gasteiger partial charge in [0.15, 0.2) is 0 Å². The van der Waals surface area contributed by atoms with Gasteiger partial charge in [0.05, 0.1) is 11.6 Å². The zero-order valence-electron chi connectivity index (χ0n) is 12.6. The number of anilines is 1. The molecule has 2 rings (SSSR count). The molecule has 2 aromatic rings. The molecule has 24 heavy (non-hydrogen) atoms. The third-order valence-corrected chi connectivity index (χ3v) is 3.13. The predicted octanol–water partition coefficient (Wildman–Crippen LogP) is 4.66. The van der Waals surface area contributed by atoms with Gasteiger partial charge in [-0.25, -0.2) is 0 Å². The summed E-state index contributed by atoms with van der Waals surface area (Å²) in [7, 11) is 0. The third kappa shape index (κ3) is 4.49. The van der Waals surface area contributed by atoms with E-state index >= 15 is 0 Å². The highest BCUT2D eigenvalue weighted by molar-refractivity contribution is 5.92. The summed E-state index contributed by atoms with van der Waals surface area (Å²) >= 11 is 0. The summed E-state index contributed by atoms with van der Waals surface area (Å²) in [4.78, 5) is 11.4. The minimum atomic E-state index is -4.39. The van der Waals surface area contributed by atoms with Gasteiger partial charge in [-0.3, -0.25) is 4.79 Å². The lowest BCUT2D eigenvalue weighted by Crippen LogP contribution is -2.11. The summed E-state index contributed by atoms with van der Waals surface area (Å²) in [6.45, 7) is 1.74. The fourth-order valence-electron chi connectivity index (χ4n) is 1.95. The standard InChI is InChI=1S/C17H13F3N2O2/c1-11-10-14(6-7-15(11)22-16(23)8-9-21)24-13-4-2-12(3-5-13)17(18,19)20/h2-7,10H,8H2,1H3,(H,22,23). The summed E-state index contributed by atoms with van der Waals surface area (Å²) in [6.07, 6.45) is -4.64. The SMILES string of the molecule is Cc1cc(Oc2ccc(C(F)(F)F)cc2)ccc1NC(=O)CC#N. The molecule has 0 aliphatic carbocycles. The van der Waals surface area contributed by atoms with Crippen LogP contribution in [0.1, 0.15) is 17.5 Å². The van der Waals surface area contributed by atoms with E-state index in [1.165, 1.54) is 12.1 Å². The molecule has 1 amide bonds. The Morgan fingerprint density at radius 3 is 2.33 bits per heavy atom. The second-order valence-corrected chi connectivity index (χ2v) is 4.98. The van der Waals surface area contributed by atoms with Gasteiger partial charge < -0.3 is 10.1 Å². The van der Waals surface area contributed by atoms with E-state index in [9.17, 15) is 18.0 Å². The van der Waals surface area contributed by atoms with Crippen LogP contribution < -0.4 is 10.1 Å². The number of rotatable bonds is 4. The van der Waals surface area contributed by atoms with E-state index in [2.05, 4.69) is 5.32 Å². The largest absolute Gasteiger partial charge is 0.457 e. The molecule has 0 bridgehead atoms. The van der Waals surface area contributed by atoms with Crippen molar-refractivity contribution in [2.75, 3.05) is 5.32 Å². The normalized spacial score (nSPS) is 10.8. The third-order valence-electron chi connectivity index (χ3n) is 3.13. The van der Waals surface area contributed by atoms with Gasteiger partial charge in [0.25, 0.3) is 0 Å². The Labute approximate surface area is 136 Å². The lowest BCUT2D eigenvalue weighted by atomic mass is 10.2. The first-order chi connectivity index (χ1) is 11.3. The summed E-state index contributed by atoms with van der Waals surface area (Å²) in [5, 5.41) is 11.0. The molecule has 4 nitrogen and oxygen atoms in total. The average Bonchev–Trinajstić information content (AvgIpc) is 2.50. The number of hydrogen-bond acceptors (Lipinski definition) is 3. The molecule has 0 unspecified atom stereocenters. The monoisotopic (exact) mass is 334 g/mol. The highest BCUT2D eigenvalue weighted by atomic mass is 19.4. The van der Waals surface area contributed by atoms with Crippen LogP contribution in [-0.4, -0.2) is 5.91 Å². The van der Waals surface area contributed by atoms with Gasteiger partial charge in [-0.1, -0.05) is 0 Å². The van der Waals surface area contributed by atoms with Crippen LogP contribution in [-0.2, 0) is 11.0 Å². The number of aryl methyl sites for hydroxylation is 1. The maximum Gasteiger partial charge on any atom is 0.416 e. The van der Waals surface area contributed by atoms with Crippen molar-refractivity contribution in [1.82, 2.24) is 0 Å². The van der Waals surface area contributed by atoms with Gasteiger partial charge in [0, 0.05) is 5.69 Å². The van der Waals surface area contributed by atoms with Crippen molar-refractivity contribution in [1.29, 1.82) is 5.26 Å². The average molecular weight is 334 g/mol. The number of nitriles is 1. The molecule has 0 atom stereocenters. The molecule has 124 valence electrons. The number of halogens is 3. The zero-order chi connectivity index (χ0) is 17.7. The zero-order valence-corrected chi connectivity index (χ0v) is 12.6. The van der Waals surface area contributed by atoms with Crippen LogP contribution in [0, 0.1) is 18.3 Å². The second kappa shape index (κ2) is 7.04. The second-order valence-electron chi connectivity index (χ2n) is 4.98. The molecule has 0 aliphatic rings. The molecule has 0 aliphatic heterocycles. The van der Waals surface area contributed by atoms with Gasteiger partial charge in [0.1, 0.15) is 17.9 Å². The predicted molar refractivity (Wildman–Crippen MR) is 81.6 cm³/mol. The number of carbonyl (C=O) groups is 1. The van der Waals surface area contributed by atoms with Crippen molar-refractivity contribution in [2.24, 2.45) is 0 Å². The number of carbonyl (C=O) groups excluding carboxylic acids is 1. The number of nitrogens with one attached hydrogen (secondary N) is 1. The van der Waals surface area contributed by atoms with E-state index in [1.807, 2.05) is 0 Å². The Hall–Kier alpha value is -3.01. The Bertz CT molecular complexity index is 778. The molecule has 0 heterocycles. The fraction of sp³-hybridized carbons (Fsp3) is 0.176. The van der Waals surface area contributed by atoms with Crippen LogP contribution in [0.4, 0.5) is 18.9 Å². The summed E-state index contributed by atoms with van der Waals surface area (Å²) in [5.74, 6) is 0.270. The van der Waals surface area contributed by atoms with Crippen molar-refractivity contribution < 1.29 is 22.7 Å². The van der Waals surface area contributed by atoms with E-state index in [0.29, 0.717) is 17.0 Å². The van der Waals surface area contributed by atoms with Gasteiger partial charge in [-0.05, 0) is 55.0 Å². The molecule has 7 heteroatoms. The van der Waals surface area contributed by atoms with E-state index in [1.54, 1.807) is 31.2 Å². The van der Waals surface area contributed by atoms with Gasteiger partial charge in [-0.2, -0.15) is 18.4 Å². The van der Waals surface area contributed by atoms with Crippen molar-refractivity contribution in [2.45, 2.75) is 19.5 Å². The lowest BCUT2D eigenvalue weighted by Gasteiger charge is -2.11. The lowest BCUT2D eigenvalue weighted by molar-refractivity contribution is -0.137. The number of alkyl halides is 3. The molecule has 1 N–H and O–H groups in total. The number of amides is 1. The minimum Gasteiger partial charge on any atom is -0.457 e. The van der Waals surface area contributed by atoms with Crippen molar-refractivity contribution in [3.05, 3.63) is 53.6 Å². The highest BCUT2D eigenvalue weighted by Gasteiger charge is 2.30. The molecule has 0 radical (unpaired) electrons. The van der Waals surface area contributed by atoms with E-state index in [0.717, 1.165) is 12.1 Å². The van der Waals surface area contributed by atoms with Crippen LogP contribution in [0.3, 0.4) is 0 Å². The maximum absolute atomic E-state index is 12.5. The topological polar surface area (TPSA) is 62.1 Å². The Morgan fingerprint density at radius 2 is 1.79 bits per heavy atom. The number of hydrogen-bond donors (Lipinski definition) is 1. The van der Waals surface area contributed by atoms with Crippen molar-refractivity contribution in [3.63, 3.8) is 0 Å². The first-order valence-corrected chi connectivity index (χ1v) is 6.92. The Morgan fingerprint density at radius 1 is 1.17 bits per heavy atom. The molecule has 2 aromatic carbocycles. The number of ether oxygens (including phenoxy) is 1. The van der Waals surface area contributed by atoms with E-state index < -0.39 is 17.6 Å². The van der Waals surface area contributed by atoms with Crippen LogP contribution in [0.15, 0.2) is 42.5 Å². The molecule has 0 spiro atoms. The van der Waals surface area contributed by atoms with Crippen LogP contribution >= 0.6 is 0 Å². The summed E-state index contributed by atoms with van der Waals surface area (Å²) in [6, 6.07) is 10.9. The molecule has 0 aromatic heterocycles. The van der Waals surface area contributed by atoms with Crippen LogP contribution in [0.5, 0.6) is 11.5 Å². The first-order valence-electron chi connectivity index (χ1n) is 6.92. The Kier molecular flexibility index (Phi) is 5.09. The van der Waals surface area contributed by atoms with E-state index in [4.69, 9.17) is 10.00 Å². The smallest absolute Gasteiger partial charge is 0.416 e. The number of nitrogens with zero attached hydrogens (tertiary/aromatic N) is 1. The molecular formula is C17H13F3N2O2. The minimum absolute atomic E-state index is 0.247. The van der Waals surface area contributed by atoms with Crippen molar-refractivity contribution in [3.8, 4) is 17.6 Å². The Balaban J connectivity index is 2.10. The highest BCUT2D eigenvalue weighted by Crippen LogP contribution is 2.32.